The maximum atomic E-state index is 12.2. The van der Waals surface area contributed by atoms with Gasteiger partial charge in [-0.2, -0.15) is 0 Å². The lowest BCUT2D eigenvalue weighted by atomic mass is 10.2. The van der Waals surface area contributed by atoms with Crippen LogP contribution < -0.4 is 10.0 Å². The van der Waals surface area contributed by atoms with Gasteiger partial charge in [0.25, 0.3) is 0 Å². The minimum Gasteiger partial charge on any atom is -0.467 e. The van der Waals surface area contributed by atoms with E-state index in [0.29, 0.717) is 18.7 Å². The number of rotatable bonds is 8. The van der Waals surface area contributed by atoms with Crippen molar-refractivity contribution in [1.29, 1.82) is 0 Å². The number of anilines is 2. The fourth-order valence-electron chi connectivity index (χ4n) is 2.39. The molecule has 2 N–H and O–H groups in total. The SMILES string of the molecule is O=S(=O)(CCc1ccccc1)Nc1ccc(NCc2ccco2)cc1. The lowest BCUT2D eigenvalue weighted by Gasteiger charge is -2.10. The van der Waals surface area contributed by atoms with Gasteiger partial charge in [-0.3, -0.25) is 4.72 Å². The Kier molecular flexibility index (Phi) is 5.40. The highest BCUT2D eigenvalue weighted by molar-refractivity contribution is 7.92. The predicted octanol–water partition coefficient (Wildman–Crippen LogP) is 3.88. The van der Waals surface area contributed by atoms with Gasteiger partial charge in [0.05, 0.1) is 18.6 Å². The fourth-order valence-corrected chi connectivity index (χ4v) is 3.49. The number of furan rings is 1. The normalized spacial score (nSPS) is 11.2. The van der Waals surface area contributed by atoms with Gasteiger partial charge in [0.15, 0.2) is 0 Å². The van der Waals surface area contributed by atoms with Gasteiger partial charge in [-0.15, -0.1) is 0 Å². The molecule has 3 rings (SSSR count). The number of hydrogen-bond acceptors (Lipinski definition) is 4. The first-order chi connectivity index (χ1) is 12.1. The summed E-state index contributed by atoms with van der Waals surface area (Å²) in [5, 5.41) is 3.21. The molecule has 0 spiro atoms. The average Bonchev–Trinajstić information content (AvgIpc) is 3.14. The second-order valence-corrected chi connectivity index (χ2v) is 7.51. The highest BCUT2D eigenvalue weighted by Gasteiger charge is 2.10. The number of benzene rings is 2. The molecule has 0 aliphatic heterocycles. The van der Waals surface area contributed by atoms with Gasteiger partial charge >= 0.3 is 0 Å². The van der Waals surface area contributed by atoms with Crippen LogP contribution in [-0.2, 0) is 23.0 Å². The van der Waals surface area contributed by atoms with Gasteiger partial charge in [-0.05, 0) is 48.4 Å². The minimum atomic E-state index is -3.38. The maximum absolute atomic E-state index is 12.2. The molecule has 6 heteroatoms. The van der Waals surface area contributed by atoms with E-state index < -0.39 is 10.0 Å². The van der Waals surface area contributed by atoms with Crippen molar-refractivity contribution >= 4 is 21.4 Å². The van der Waals surface area contributed by atoms with Crippen molar-refractivity contribution in [3.05, 3.63) is 84.3 Å². The summed E-state index contributed by atoms with van der Waals surface area (Å²) in [5.74, 6) is 0.890. The van der Waals surface area contributed by atoms with Gasteiger partial charge in [-0.1, -0.05) is 30.3 Å². The van der Waals surface area contributed by atoms with Gasteiger partial charge in [0.1, 0.15) is 5.76 Å². The zero-order valence-corrected chi connectivity index (χ0v) is 14.5. The highest BCUT2D eigenvalue weighted by Crippen LogP contribution is 2.16. The maximum Gasteiger partial charge on any atom is 0.233 e. The predicted molar refractivity (Wildman–Crippen MR) is 100 cm³/mol. The van der Waals surface area contributed by atoms with Crippen molar-refractivity contribution in [3.63, 3.8) is 0 Å². The van der Waals surface area contributed by atoms with Crippen LogP contribution in [0.3, 0.4) is 0 Å². The van der Waals surface area contributed by atoms with Crippen LogP contribution in [0, 0.1) is 0 Å². The third-order valence-corrected chi connectivity index (χ3v) is 5.00. The van der Waals surface area contributed by atoms with E-state index in [9.17, 15) is 8.42 Å². The molecular weight excluding hydrogens is 336 g/mol. The van der Waals surface area contributed by atoms with Crippen molar-refractivity contribution in [3.8, 4) is 0 Å². The van der Waals surface area contributed by atoms with E-state index in [1.165, 1.54) is 0 Å². The summed E-state index contributed by atoms with van der Waals surface area (Å²) in [4.78, 5) is 0. The fraction of sp³-hybridized carbons (Fsp3) is 0.158. The Morgan fingerprint density at radius 1 is 0.840 bits per heavy atom. The summed E-state index contributed by atoms with van der Waals surface area (Å²) in [6, 6.07) is 20.5. The van der Waals surface area contributed by atoms with Crippen molar-refractivity contribution < 1.29 is 12.8 Å². The molecule has 1 aromatic heterocycles. The van der Waals surface area contributed by atoms with Crippen molar-refractivity contribution in [1.82, 2.24) is 0 Å². The Labute approximate surface area is 147 Å². The topological polar surface area (TPSA) is 71.3 Å². The van der Waals surface area contributed by atoms with Crippen LogP contribution in [0.15, 0.2) is 77.4 Å². The molecular formula is C19H20N2O3S. The van der Waals surface area contributed by atoms with E-state index in [2.05, 4.69) is 10.0 Å². The molecule has 130 valence electrons. The third kappa shape index (κ3) is 5.39. The Morgan fingerprint density at radius 3 is 2.24 bits per heavy atom. The van der Waals surface area contributed by atoms with E-state index in [-0.39, 0.29) is 5.75 Å². The van der Waals surface area contributed by atoms with Crippen molar-refractivity contribution in [2.45, 2.75) is 13.0 Å². The van der Waals surface area contributed by atoms with E-state index in [1.807, 2.05) is 54.6 Å². The Morgan fingerprint density at radius 2 is 1.56 bits per heavy atom. The molecule has 0 bridgehead atoms. The first kappa shape index (κ1) is 17.1. The molecule has 2 aromatic carbocycles. The Bertz CT molecular complexity index is 874. The summed E-state index contributed by atoms with van der Waals surface area (Å²) in [6.45, 7) is 0.579. The smallest absolute Gasteiger partial charge is 0.233 e. The van der Waals surface area contributed by atoms with E-state index in [4.69, 9.17) is 4.42 Å². The van der Waals surface area contributed by atoms with Crippen LogP contribution in [0.1, 0.15) is 11.3 Å². The zero-order valence-electron chi connectivity index (χ0n) is 13.7. The van der Waals surface area contributed by atoms with Crippen LogP contribution >= 0.6 is 0 Å². The number of aryl methyl sites for hydroxylation is 1. The largest absolute Gasteiger partial charge is 0.467 e. The van der Waals surface area contributed by atoms with Crippen LogP contribution in [0.2, 0.25) is 0 Å². The second kappa shape index (κ2) is 7.90. The highest BCUT2D eigenvalue weighted by atomic mass is 32.2. The molecule has 0 saturated heterocycles. The molecule has 0 aliphatic rings. The van der Waals surface area contributed by atoms with E-state index in [0.717, 1.165) is 17.0 Å². The summed E-state index contributed by atoms with van der Waals surface area (Å²) in [6.07, 6.45) is 2.11. The van der Waals surface area contributed by atoms with E-state index >= 15 is 0 Å². The zero-order chi connectivity index (χ0) is 17.5. The average molecular weight is 356 g/mol. The summed E-state index contributed by atoms with van der Waals surface area (Å²) in [5.41, 5.74) is 2.45. The standard InChI is InChI=1S/C19H20N2O3S/c22-25(23,14-12-16-5-2-1-3-6-16)21-18-10-8-17(9-11-18)20-15-19-7-4-13-24-19/h1-11,13,20-21H,12,14-15H2. The van der Waals surface area contributed by atoms with Gasteiger partial charge in [0, 0.05) is 11.4 Å². The number of nitrogens with one attached hydrogen (secondary N) is 2. The molecule has 3 aromatic rings. The molecule has 0 amide bonds. The molecule has 0 aliphatic carbocycles. The number of hydrogen-bond donors (Lipinski definition) is 2. The van der Waals surface area contributed by atoms with Crippen molar-refractivity contribution in [2.24, 2.45) is 0 Å². The van der Waals surface area contributed by atoms with E-state index in [1.54, 1.807) is 18.4 Å². The molecule has 25 heavy (non-hydrogen) atoms. The molecule has 0 atom stereocenters. The first-order valence-corrected chi connectivity index (χ1v) is 9.67. The molecule has 1 heterocycles. The van der Waals surface area contributed by atoms with Gasteiger partial charge in [-0.25, -0.2) is 8.42 Å². The van der Waals surface area contributed by atoms with Crippen LogP contribution in [0.25, 0.3) is 0 Å². The quantitative estimate of drug-likeness (QED) is 0.643. The first-order valence-electron chi connectivity index (χ1n) is 8.01. The molecule has 5 nitrogen and oxygen atoms in total. The van der Waals surface area contributed by atoms with Gasteiger partial charge in [0.2, 0.25) is 10.0 Å². The van der Waals surface area contributed by atoms with Gasteiger partial charge < -0.3 is 9.73 Å². The third-order valence-electron chi connectivity index (χ3n) is 3.71. The molecule has 0 unspecified atom stereocenters. The van der Waals surface area contributed by atoms with Crippen LogP contribution in [-0.4, -0.2) is 14.2 Å². The summed E-state index contributed by atoms with van der Waals surface area (Å²) < 4.78 is 32.3. The Hall–Kier alpha value is -2.73. The molecule has 0 radical (unpaired) electrons. The lowest BCUT2D eigenvalue weighted by molar-refractivity contribution is 0.518. The second-order valence-electron chi connectivity index (χ2n) is 5.67. The summed E-state index contributed by atoms with van der Waals surface area (Å²) >= 11 is 0. The van der Waals surface area contributed by atoms with Crippen LogP contribution in [0.4, 0.5) is 11.4 Å². The molecule has 0 fully saturated rings. The molecule has 0 saturated carbocycles. The Balaban J connectivity index is 1.53. The summed E-state index contributed by atoms with van der Waals surface area (Å²) in [7, 11) is -3.38. The number of sulfonamides is 1. The lowest BCUT2D eigenvalue weighted by Crippen LogP contribution is -2.18. The van der Waals surface area contributed by atoms with Crippen LogP contribution in [0.5, 0.6) is 0 Å². The monoisotopic (exact) mass is 356 g/mol. The van der Waals surface area contributed by atoms with Crippen molar-refractivity contribution in [2.75, 3.05) is 15.8 Å². The minimum absolute atomic E-state index is 0.0511.